The minimum atomic E-state index is -2.30. The Morgan fingerprint density at radius 1 is 1.09 bits per heavy atom. The van der Waals surface area contributed by atoms with Gasteiger partial charge >= 0.3 is 0 Å². The van der Waals surface area contributed by atoms with Crippen LogP contribution in [0.15, 0.2) is 11.4 Å². The average Bonchev–Trinajstić information content (AvgIpc) is 3.23. The Kier molecular flexibility index (Phi) is 7.88. The molecule has 198 valence electrons. The van der Waals surface area contributed by atoms with Gasteiger partial charge in [0.15, 0.2) is 34.7 Å². The SMILES string of the molecule is CSc1nn([C@@H]2O[C@@H](CO[Si](C)(C)C(C)(C)C)C(O[Si](C)(C)C(C)(C)C)[C@@H]2F)c2ncnc(N)c12. The zero-order chi connectivity index (χ0) is 26.6. The Morgan fingerprint density at radius 3 is 2.23 bits per heavy atom. The summed E-state index contributed by atoms with van der Waals surface area (Å²) in [5.74, 6) is 0.311. The van der Waals surface area contributed by atoms with Crippen LogP contribution in [0.2, 0.25) is 36.3 Å². The molecular formula is C23H42FN5O3SSi2. The highest BCUT2D eigenvalue weighted by atomic mass is 32.2. The number of nitrogens with zero attached hydrogens (tertiary/aromatic N) is 4. The smallest absolute Gasteiger partial charge is 0.192 e. The summed E-state index contributed by atoms with van der Waals surface area (Å²) in [5.41, 5.74) is 6.56. The van der Waals surface area contributed by atoms with Crippen molar-refractivity contribution in [2.75, 3.05) is 18.6 Å². The zero-order valence-electron chi connectivity index (χ0n) is 23.0. The number of halogens is 1. The average molecular weight is 544 g/mol. The summed E-state index contributed by atoms with van der Waals surface area (Å²) in [6.45, 7) is 21.9. The number of thioether (sulfide) groups is 1. The molecule has 1 unspecified atom stereocenters. The van der Waals surface area contributed by atoms with Gasteiger partial charge in [0.1, 0.15) is 29.4 Å². The molecule has 8 nitrogen and oxygen atoms in total. The van der Waals surface area contributed by atoms with E-state index in [1.54, 1.807) is 0 Å². The standard InChI is InChI=1S/C23H42FN5O3SSi2/c1-22(2,3)34(8,9)30-12-14-17(32-35(10,11)23(4,5)6)16(24)21(31-14)29-19-15(20(28-29)33-7)18(25)26-13-27-19/h13-14,16-17,21H,12H2,1-11H3,(H2,25,26,27)/t14-,16-,17?,21+/m0/s1. The maximum absolute atomic E-state index is 16.3. The van der Waals surface area contributed by atoms with Gasteiger partial charge in [-0.25, -0.2) is 19.0 Å². The van der Waals surface area contributed by atoms with E-state index in [9.17, 15) is 0 Å². The first-order valence-electron chi connectivity index (χ1n) is 12.1. The molecule has 1 saturated heterocycles. The van der Waals surface area contributed by atoms with Crippen LogP contribution < -0.4 is 5.73 Å². The summed E-state index contributed by atoms with van der Waals surface area (Å²) in [7, 11) is -4.39. The van der Waals surface area contributed by atoms with Crippen molar-refractivity contribution in [2.45, 2.75) is 107 Å². The summed E-state index contributed by atoms with van der Waals surface area (Å²) in [6, 6.07) is 0. The fraction of sp³-hybridized carbons (Fsp3) is 0.783. The van der Waals surface area contributed by atoms with Gasteiger partial charge in [-0.3, -0.25) is 0 Å². The molecular weight excluding hydrogens is 502 g/mol. The molecule has 0 amide bonds. The van der Waals surface area contributed by atoms with Crippen LogP contribution in [0.5, 0.6) is 0 Å². The van der Waals surface area contributed by atoms with E-state index >= 15 is 4.39 Å². The fourth-order valence-electron chi connectivity index (χ4n) is 3.47. The summed E-state index contributed by atoms with van der Waals surface area (Å²) in [4.78, 5) is 8.45. The highest BCUT2D eigenvalue weighted by molar-refractivity contribution is 7.98. The van der Waals surface area contributed by atoms with Crippen LogP contribution in [0.3, 0.4) is 0 Å². The van der Waals surface area contributed by atoms with E-state index in [0.29, 0.717) is 21.9 Å². The molecule has 12 heteroatoms. The van der Waals surface area contributed by atoms with Crippen LogP contribution in [-0.2, 0) is 13.6 Å². The molecule has 2 aromatic heterocycles. The highest BCUT2D eigenvalue weighted by Gasteiger charge is 2.53. The maximum atomic E-state index is 16.3. The molecule has 2 N–H and O–H groups in total. The van der Waals surface area contributed by atoms with Crippen LogP contribution in [0.1, 0.15) is 47.8 Å². The molecule has 0 radical (unpaired) electrons. The topological polar surface area (TPSA) is 97.3 Å². The van der Waals surface area contributed by atoms with Gasteiger partial charge in [0.05, 0.1) is 12.0 Å². The Hall–Kier alpha value is -1.06. The third kappa shape index (κ3) is 5.47. The number of ether oxygens (including phenoxy) is 1. The lowest BCUT2D eigenvalue weighted by Crippen LogP contribution is -2.50. The lowest BCUT2D eigenvalue weighted by Gasteiger charge is -2.40. The van der Waals surface area contributed by atoms with Crippen molar-refractivity contribution in [3.63, 3.8) is 0 Å². The minimum absolute atomic E-state index is 0.0236. The van der Waals surface area contributed by atoms with E-state index in [1.165, 1.54) is 22.8 Å². The summed E-state index contributed by atoms with van der Waals surface area (Å²) < 4.78 is 37.2. The second kappa shape index (κ2) is 9.68. The molecule has 35 heavy (non-hydrogen) atoms. The summed E-state index contributed by atoms with van der Waals surface area (Å²) in [6.07, 6.45) is -0.554. The number of hydrogen-bond acceptors (Lipinski definition) is 8. The number of nitrogens with two attached hydrogens (primary N) is 1. The Labute approximate surface area is 215 Å². The number of fused-ring (bicyclic) bond motifs is 1. The van der Waals surface area contributed by atoms with E-state index < -0.39 is 41.2 Å². The van der Waals surface area contributed by atoms with Crippen molar-refractivity contribution in [3.8, 4) is 0 Å². The number of alkyl halides is 1. The quantitative estimate of drug-likeness (QED) is 0.347. The van der Waals surface area contributed by atoms with E-state index in [-0.39, 0.29) is 16.7 Å². The third-order valence-corrected chi connectivity index (χ3v) is 17.5. The number of aromatic nitrogens is 4. The minimum Gasteiger partial charge on any atom is -0.414 e. The molecule has 0 aromatic carbocycles. The van der Waals surface area contributed by atoms with Gasteiger partial charge < -0.3 is 19.3 Å². The van der Waals surface area contributed by atoms with Crippen molar-refractivity contribution in [1.82, 2.24) is 19.7 Å². The first-order valence-corrected chi connectivity index (χ1v) is 19.1. The summed E-state index contributed by atoms with van der Waals surface area (Å²) >= 11 is 1.41. The Balaban J connectivity index is 2.00. The van der Waals surface area contributed by atoms with Crippen LogP contribution in [-0.4, -0.2) is 67.6 Å². The Morgan fingerprint density at radius 2 is 1.69 bits per heavy atom. The second-order valence-electron chi connectivity index (χ2n) is 12.3. The monoisotopic (exact) mass is 543 g/mol. The van der Waals surface area contributed by atoms with Gasteiger partial charge in [0, 0.05) is 0 Å². The fourth-order valence-corrected chi connectivity index (χ4v) is 6.37. The number of nitrogen functional groups attached to an aromatic ring is 1. The highest BCUT2D eigenvalue weighted by Crippen LogP contribution is 2.44. The molecule has 1 aliphatic rings. The Bertz CT molecular complexity index is 1050. The lowest BCUT2D eigenvalue weighted by atomic mass is 10.1. The molecule has 3 heterocycles. The molecule has 4 atom stereocenters. The first kappa shape index (κ1) is 28.5. The third-order valence-electron chi connectivity index (χ3n) is 7.84. The maximum Gasteiger partial charge on any atom is 0.192 e. The number of anilines is 1. The van der Waals surface area contributed by atoms with Crippen molar-refractivity contribution >= 4 is 45.2 Å². The van der Waals surface area contributed by atoms with Crippen molar-refractivity contribution in [2.24, 2.45) is 0 Å². The summed E-state index contributed by atoms with van der Waals surface area (Å²) in [5, 5.41) is 5.81. The van der Waals surface area contributed by atoms with Gasteiger partial charge in [0.2, 0.25) is 0 Å². The van der Waals surface area contributed by atoms with Crippen molar-refractivity contribution in [1.29, 1.82) is 0 Å². The molecule has 0 spiro atoms. The first-order chi connectivity index (χ1) is 15.9. The van der Waals surface area contributed by atoms with Crippen LogP contribution in [0.4, 0.5) is 10.2 Å². The normalized spacial score (nSPS) is 24.5. The van der Waals surface area contributed by atoms with Crippen molar-refractivity contribution in [3.05, 3.63) is 6.33 Å². The second-order valence-corrected chi connectivity index (χ2v) is 22.7. The molecule has 1 fully saturated rings. The van der Waals surface area contributed by atoms with Gasteiger partial charge in [-0.2, -0.15) is 5.10 Å². The van der Waals surface area contributed by atoms with Gasteiger partial charge in [0.25, 0.3) is 0 Å². The molecule has 0 aliphatic carbocycles. The van der Waals surface area contributed by atoms with Crippen molar-refractivity contribution < 1.29 is 18.0 Å². The number of rotatable bonds is 7. The zero-order valence-corrected chi connectivity index (χ0v) is 25.8. The lowest BCUT2D eigenvalue weighted by molar-refractivity contribution is -0.0474. The molecule has 0 saturated carbocycles. The van der Waals surface area contributed by atoms with E-state index in [4.69, 9.17) is 19.3 Å². The molecule has 2 aromatic rings. The molecule has 3 rings (SSSR count). The predicted molar refractivity (Wildman–Crippen MR) is 146 cm³/mol. The van der Waals surface area contributed by atoms with Gasteiger partial charge in [-0.1, -0.05) is 41.5 Å². The predicted octanol–water partition coefficient (Wildman–Crippen LogP) is 5.78. The molecule has 0 bridgehead atoms. The van der Waals surface area contributed by atoms with Crippen LogP contribution in [0.25, 0.3) is 11.0 Å². The molecule has 1 aliphatic heterocycles. The van der Waals surface area contributed by atoms with Crippen LogP contribution in [0, 0.1) is 0 Å². The number of hydrogen-bond donors (Lipinski definition) is 1. The van der Waals surface area contributed by atoms with E-state index in [1.807, 2.05) is 6.26 Å². The largest absolute Gasteiger partial charge is 0.414 e. The van der Waals surface area contributed by atoms with Gasteiger partial charge in [-0.05, 0) is 42.5 Å². The van der Waals surface area contributed by atoms with Gasteiger partial charge in [-0.15, -0.1) is 11.8 Å². The van der Waals surface area contributed by atoms with E-state index in [0.717, 1.165) is 0 Å². The van der Waals surface area contributed by atoms with Crippen LogP contribution >= 0.6 is 11.8 Å². The van der Waals surface area contributed by atoms with E-state index in [2.05, 4.69) is 82.8 Å².